The fraction of sp³-hybridized carbons (Fsp3) is 0.128. The molecule has 0 fully saturated rings. The number of non-ortho nitro benzene ring substituents is 3. The van der Waals surface area contributed by atoms with E-state index in [9.17, 15) is 30.3 Å². The molecular weight excluding hydrogens is 919 g/mol. The molecule has 0 saturated carbocycles. The van der Waals surface area contributed by atoms with Gasteiger partial charge in [0.05, 0.1) is 39.7 Å². The van der Waals surface area contributed by atoms with Gasteiger partial charge in [0.1, 0.15) is 11.7 Å². The van der Waals surface area contributed by atoms with Gasteiger partial charge in [0, 0.05) is 88.4 Å². The number of nitro groups is 3. The van der Waals surface area contributed by atoms with Crippen LogP contribution in [0.15, 0.2) is 131 Å². The number of nitrogens with two attached hydrogens (primary N) is 1. The molecule has 28 heteroatoms. The number of hydrogen-bond donors (Lipinski definition) is 8. The molecule has 0 aliphatic rings. The molecule has 0 bridgehead atoms. The Hall–Kier alpha value is -8.10. The predicted octanol–water partition coefficient (Wildman–Crippen LogP) is 5.46. The van der Waals surface area contributed by atoms with Crippen molar-refractivity contribution in [3.8, 4) is 0 Å². The molecular formula is C39H50ClN16O10P. The zero-order chi connectivity index (χ0) is 47.0. The highest BCUT2D eigenvalue weighted by Gasteiger charge is 2.14. The number of nitrogens with one attached hydrogen (secondary N) is 6. The Morgan fingerprint density at radius 2 is 1.03 bits per heavy atom. The number of nitro benzene ring substituents is 3. The molecule has 358 valence electrons. The first kappa shape index (κ1) is 58.9. The van der Waals surface area contributed by atoms with Gasteiger partial charge in [0.25, 0.3) is 17.1 Å². The Balaban J connectivity index is 0.000000927. The molecule has 26 nitrogen and oxygen atoms in total. The van der Waals surface area contributed by atoms with Crippen LogP contribution in [0.1, 0.15) is 33.8 Å². The SMILES string of the molecule is C=CCN=C(Nc1cc(C)[nH]n1)c1cccc([N+](=O)[O-])c1.C=CCN=C(Nc1cc(C)[nH]n1)c1cccc([N+](=O)[O-])c1.Cc1cc(N=C(NO)c2cccc([N+](=O)[O-])c2)n[nH]1.NOCl.O.O.P. The molecule has 3 heterocycles. The van der Waals surface area contributed by atoms with Gasteiger partial charge in [-0.3, -0.25) is 66.3 Å². The maximum atomic E-state index is 10.9. The highest BCUT2D eigenvalue weighted by atomic mass is 35.5. The van der Waals surface area contributed by atoms with E-state index in [1.54, 1.807) is 48.6 Å². The minimum Gasteiger partial charge on any atom is -0.412 e. The topological polar surface area (TPSA) is 407 Å². The summed E-state index contributed by atoms with van der Waals surface area (Å²) in [6, 6.07) is 23.6. The Bertz CT molecular complexity index is 2500. The van der Waals surface area contributed by atoms with Gasteiger partial charge >= 0.3 is 0 Å². The number of amidine groups is 3. The fourth-order valence-electron chi connectivity index (χ4n) is 4.95. The number of hydrogen-bond acceptors (Lipinski definition) is 15. The summed E-state index contributed by atoms with van der Waals surface area (Å²) in [5.41, 5.74) is 6.10. The van der Waals surface area contributed by atoms with E-state index in [0.717, 1.165) is 17.1 Å². The largest absolute Gasteiger partial charge is 0.412 e. The molecule has 0 aliphatic heterocycles. The molecule has 67 heavy (non-hydrogen) atoms. The summed E-state index contributed by atoms with van der Waals surface area (Å²) < 4.78 is 3.22. The molecule has 3 aromatic heterocycles. The number of aliphatic imine (C=N–C) groups is 3. The van der Waals surface area contributed by atoms with E-state index in [2.05, 4.69) is 91.5 Å². The summed E-state index contributed by atoms with van der Waals surface area (Å²) in [6.45, 7) is 13.6. The number of anilines is 2. The van der Waals surface area contributed by atoms with Gasteiger partial charge in [-0.25, -0.2) is 4.99 Å². The molecule has 6 aromatic rings. The van der Waals surface area contributed by atoms with Crippen LogP contribution in [-0.2, 0) is 4.39 Å². The van der Waals surface area contributed by atoms with E-state index in [-0.39, 0.29) is 43.7 Å². The summed E-state index contributed by atoms with van der Waals surface area (Å²) in [7, 11) is 0. The van der Waals surface area contributed by atoms with Crippen LogP contribution in [-0.4, -0.2) is 92.1 Å². The molecule has 0 amide bonds. The van der Waals surface area contributed by atoms with Crippen molar-refractivity contribution in [3.63, 3.8) is 0 Å². The first-order chi connectivity index (χ1) is 30.7. The lowest BCUT2D eigenvalue weighted by atomic mass is 10.2. The second kappa shape index (κ2) is 30.9. The predicted molar refractivity (Wildman–Crippen MR) is 260 cm³/mol. The fourth-order valence-corrected chi connectivity index (χ4v) is 4.95. The van der Waals surface area contributed by atoms with E-state index in [1.165, 1.54) is 42.5 Å². The molecule has 1 atom stereocenters. The van der Waals surface area contributed by atoms with Gasteiger partial charge in [0.15, 0.2) is 23.3 Å². The molecule has 0 aliphatic carbocycles. The van der Waals surface area contributed by atoms with Gasteiger partial charge < -0.3 is 21.6 Å². The third-order valence-corrected chi connectivity index (χ3v) is 7.68. The molecule has 0 radical (unpaired) electrons. The van der Waals surface area contributed by atoms with Crippen molar-refractivity contribution in [3.05, 3.63) is 180 Å². The lowest BCUT2D eigenvalue weighted by Crippen LogP contribution is -2.20. The number of benzene rings is 3. The Morgan fingerprint density at radius 3 is 1.31 bits per heavy atom. The number of aromatic nitrogens is 6. The van der Waals surface area contributed by atoms with Crippen LogP contribution in [0, 0.1) is 51.1 Å². The van der Waals surface area contributed by atoms with Crippen molar-refractivity contribution in [1.29, 1.82) is 0 Å². The van der Waals surface area contributed by atoms with Crippen molar-refractivity contribution in [2.24, 2.45) is 20.9 Å². The van der Waals surface area contributed by atoms with Crippen molar-refractivity contribution in [1.82, 2.24) is 36.1 Å². The maximum Gasteiger partial charge on any atom is 0.270 e. The number of aromatic amines is 3. The standard InChI is InChI=1S/2C14H15N5O2.C11H11N5O3.ClH2NO.2H2O.H3P/c2*1-3-7-15-14(16-13-8-10(2)17-18-13)11-5-4-6-12(9-11)19(20)21;1-7-5-10(14-13-7)12-11(15-17)8-3-2-4-9(6-8)16(18)19;1-3-2;;;/h2*3-6,8-9H,1,7H2,2H3,(H2,15,16,17,18);2-6,17H,1H3,(H2,12,13,14,15);2H2;2*1H2;1H3. The first-order valence-electron chi connectivity index (χ1n) is 18.3. The number of rotatable bonds is 13. The third kappa shape index (κ3) is 20.1. The number of nitrogens with zero attached hydrogens (tertiary/aromatic N) is 9. The average molecular weight is 969 g/mol. The van der Waals surface area contributed by atoms with Crippen molar-refractivity contribution >= 4 is 73.8 Å². The lowest BCUT2D eigenvalue weighted by molar-refractivity contribution is -0.385. The summed E-state index contributed by atoms with van der Waals surface area (Å²) in [5.74, 6) is 6.76. The third-order valence-electron chi connectivity index (χ3n) is 7.68. The van der Waals surface area contributed by atoms with Gasteiger partial charge in [-0.1, -0.05) is 48.6 Å². The van der Waals surface area contributed by atoms with E-state index >= 15 is 0 Å². The molecule has 13 N–H and O–H groups in total. The Labute approximate surface area is 390 Å². The van der Waals surface area contributed by atoms with Crippen LogP contribution in [0.25, 0.3) is 0 Å². The van der Waals surface area contributed by atoms with Crippen LogP contribution < -0.4 is 22.0 Å². The maximum absolute atomic E-state index is 10.9. The normalized spacial score (nSPS) is 10.5. The van der Waals surface area contributed by atoms with Crippen LogP contribution in [0.2, 0.25) is 0 Å². The summed E-state index contributed by atoms with van der Waals surface area (Å²) in [6.07, 6.45) is 3.30. The molecule has 0 spiro atoms. The van der Waals surface area contributed by atoms with Crippen molar-refractivity contribution in [2.45, 2.75) is 20.8 Å². The smallest absolute Gasteiger partial charge is 0.270 e. The lowest BCUT2D eigenvalue weighted by Gasteiger charge is -2.07. The Kier molecular flexibility index (Phi) is 27.2. The zero-order valence-electron chi connectivity index (χ0n) is 36.1. The first-order valence-corrected chi connectivity index (χ1v) is 18.6. The van der Waals surface area contributed by atoms with Gasteiger partial charge in [-0.15, -0.1) is 13.2 Å². The molecule has 6 rings (SSSR count). The molecule has 0 saturated heterocycles. The quantitative estimate of drug-likeness (QED) is 0.0178. The van der Waals surface area contributed by atoms with Crippen LogP contribution >= 0.6 is 21.8 Å². The second-order valence-electron chi connectivity index (χ2n) is 12.6. The van der Waals surface area contributed by atoms with E-state index in [0.29, 0.717) is 58.9 Å². The van der Waals surface area contributed by atoms with E-state index < -0.39 is 14.8 Å². The summed E-state index contributed by atoms with van der Waals surface area (Å²) in [5, 5.41) is 68.0. The van der Waals surface area contributed by atoms with Gasteiger partial charge in [0.2, 0.25) is 0 Å². The van der Waals surface area contributed by atoms with Crippen molar-refractivity contribution < 1.29 is 35.3 Å². The number of aryl methyl sites for hydroxylation is 3. The second-order valence-corrected chi connectivity index (χ2v) is 12.7. The minimum absolute atomic E-state index is 0. The molecule has 1 unspecified atom stereocenters. The minimum atomic E-state index is -0.517. The average Bonchev–Trinajstić information content (AvgIpc) is 4.03. The number of halogens is 1. The van der Waals surface area contributed by atoms with E-state index in [1.807, 2.05) is 38.4 Å². The van der Waals surface area contributed by atoms with Crippen LogP contribution in [0.4, 0.5) is 34.5 Å². The van der Waals surface area contributed by atoms with Crippen molar-refractivity contribution in [2.75, 3.05) is 23.7 Å². The zero-order valence-corrected chi connectivity index (χ0v) is 38.3. The summed E-state index contributed by atoms with van der Waals surface area (Å²) >= 11 is 4.28. The number of H-pyrrole nitrogens is 3. The number of hydroxylamine groups is 1. The highest BCUT2D eigenvalue weighted by Crippen LogP contribution is 2.18. The highest BCUT2D eigenvalue weighted by molar-refractivity contribution is 6.92. The van der Waals surface area contributed by atoms with E-state index in [4.69, 9.17) is 5.21 Å². The van der Waals surface area contributed by atoms with Gasteiger partial charge in [-0.05, 0) is 20.8 Å². The monoisotopic (exact) mass is 968 g/mol. The van der Waals surface area contributed by atoms with Gasteiger partial charge in [-0.2, -0.15) is 35.5 Å². The summed E-state index contributed by atoms with van der Waals surface area (Å²) in [4.78, 5) is 43.7. The Morgan fingerprint density at radius 1 is 0.687 bits per heavy atom. The van der Waals surface area contributed by atoms with Crippen LogP contribution in [0.3, 0.4) is 0 Å². The molecule has 3 aromatic carbocycles. The van der Waals surface area contributed by atoms with Crippen LogP contribution in [0.5, 0.6) is 0 Å².